The first kappa shape index (κ1) is 19.1. The summed E-state index contributed by atoms with van der Waals surface area (Å²) in [4.78, 5) is 17.7. The number of carbonyl (C=O) groups is 1. The van der Waals surface area contributed by atoms with Crippen molar-refractivity contribution < 1.29 is 9.18 Å². The molecule has 6 heteroatoms. The Morgan fingerprint density at radius 2 is 1.87 bits per heavy atom. The standard InChI is InChI=1S/C24H25FN4O/c25-20-5-3-19(4-6-20)23-21-13-16(14-26)1-2-17(21)9-12-29(23)24(30)27-22-15-28-10-7-18(22)8-11-28/h1-6,13,18,22-23H,7-12,15H2,(H,27,30)/t22-,23?/m1/s1. The summed E-state index contributed by atoms with van der Waals surface area (Å²) in [6.45, 7) is 3.76. The summed E-state index contributed by atoms with van der Waals surface area (Å²) in [5.74, 6) is 0.245. The van der Waals surface area contributed by atoms with E-state index in [4.69, 9.17) is 0 Å². The third kappa shape index (κ3) is 3.44. The molecule has 0 spiro atoms. The molecule has 5 nitrogen and oxygen atoms in total. The van der Waals surface area contributed by atoms with Gasteiger partial charge in [0, 0.05) is 19.1 Å². The first-order valence-electron chi connectivity index (χ1n) is 10.7. The molecule has 2 amide bonds. The highest BCUT2D eigenvalue weighted by atomic mass is 19.1. The summed E-state index contributed by atoms with van der Waals surface area (Å²) in [5, 5.41) is 12.7. The molecule has 4 aliphatic rings. The number of hydrogen-bond acceptors (Lipinski definition) is 3. The molecule has 154 valence electrons. The fourth-order valence-corrected chi connectivity index (χ4v) is 5.28. The quantitative estimate of drug-likeness (QED) is 0.834. The van der Waals surface area contributed by atoms with Crippen LogP contribution in [0.2, 0.25) is 0 Å². The summed E-state index contributed by atoms with van der Waals surface area (Å²) in [6, 6.07) is 14.0. The van der Waals surface area contributed by atoms with Gasteiger partial charge in [0.1, 0.15) is 5.82 Å². The van der Waals surface area contributed by atoms with E-state index >= 15 is 0 Å². The number of benzene rings is 2. The zero-order valence-electron chi connectivity index (χ0n) is 16.9. The van der Waals surface area contributed by atoms with Crippen molar-refractivity contribution in [3.8, 4) is 6.07 Å². The first-order chi connectivity index (χ1) is 14.6. The molecule has 30 heavy (non-hydrogen) atoms. The zero-order chi connectivity index (χ0) is 20.7. The Morgan fingerprint density at radius 1 is 1.10 bits per heavy atom. The lowest BCUT2D eigenvalue weighted by Crippen LogP contribution is -2.59. The van der Waals surface area contributed by atoms with E-state index in [9.17, 15) is 14.4 Å². The Labute approximate surface area is 176 Å². The van der Waals surface area contributed by atoms with Crippen LogP contribution in [0.25, 0.3) is 0 Å². The summed E-state index contributed by atoms with van der Waals surface area (Å²) in [7, 11) is 0. The van der Waals surface area contributed by atoms with Gasteiger partial charge in [-0.05, 0) is 79.2 Å². The Morgan fingerprint density at radius 3 is 2.53 bits per heavy atom. The Hall–Kier alpha value is -2.91. The third-order valence-electron chi connectivity index (χ3n) is 6.91. The lowest BCUT2D eigenvalue weighted by Gasteiger charge is -2.46. The molecule has 6 rings (SSSR count). The fourth-order valence-electron chi connectivity index (χ4n) is 5.28. The maximum atomic E-state index is 13.6. The lowest BCUT2D eigenvalue weighted by molar-refractivity contribution is 0.0715. The molecular weight excluding hydrogens is 379 g/mol. The number of carbonyl (C=O) groups excluding carboxylic acids is 1. The van der Waals surface area contributed by atoms with Gasteiger partial charge in [-0.1, -0.05) is 18.2 Å². The van der Waals surface area contributed by atoms with Gasteiger partial charge in [-0.25, -0.2) is 9.18 Å². The van der Waals surface area contributed by atoms with E-state index in [2.05, 4.69) is 16.3 Å². The van der Waals surface area contributed by atoms with Crippen molar-refractivity contribution in [3.63, 3.8) is 0 Å². The van der Waals surface area contributed by atoms with Crippen molar-refractivity contribution in [3.05, 3.63) is 70.5 Å². The van der Waals surface area contributed by atoms with Gasteiger partial charge in [0.2, 0.25) is 0 Å². The molecule has 0 aliphatic carbocycles. The minimum Gasteiger partial charge on any atom is -0.334 e. The maximum Gasteiger partial charge on any atom is 0.318 e. The summed E-state index contributed by atoms with van der Waals surface area (Å²) in [5.41, 5.74) is 3.52. The van der Waals surface area contributed by atoms with Crippen LogP contribution in [0.15, 0.2) is 42.5 Å². The molecule has 0 saturated carbocycles. The van der Waals surface area contributed by atoms with Crippen LogP contribution in [0, 0.1) is 23.1 Å². The van der Waals surface area contributed by atoms with Gasteiger partial charge in [-0.15, -0.1) is 0 Å². The van der Waals surface area contributed by atoms with Crippen LogP contribution in [0.1, 0.15) is 41.1 Å². The maximum absolute atomic E-state index is 13.6. The van der Waals surface area contributed by atoms with Crippen LogP contribution in [-0.2, 0) is 6.42 Å². The third-order valence-corrected chi connectivity index (χ3v) is 6.91. The normalized spacial score (nSPS) is 27.3. The van der Waals surface area contributed by atoms with Gasteiger partial charge >= 0.3 is 6.03 Å². The Bertz CT molecular complexity index is 991. The van der Waals surface area contributed by atoms with Crippen LogP contribution in [0.5, 0.6) is 0 Å². The molecule has 0 aromatic heterocycles. The fraction of sp³-hybridized carbons (Fsp3) is 0.417. The predicted octanol–water partition coefficient (Wildman–Crippen LogP) is 3.45. The first-order valence-corrected chi connectivity index (χ1v) is 10.7. The van der Waals surface area contributed by atoms with Crippen molar-refractivity contribution in [2.75, 3.05) is 26.2 Å². The summed E-state index contributed by atoms with van der Waals surface area (Å²) < 4.78 is 13.6. The molecule has 4 aliphatic heterocycles. The summed E-state index contributed by atoms with van der Waals surface area (Å²) in [6.07, 6.45) is 3.02. The average molecular weight is 404 g/mol. The highest BCUT2D eigenvalue weighted by Gasteiger charge is 2.38. The number of nitrogens with one attached hydrogen (secondary N) is 1. The number of urea groups is 1. The predicted molar refractivity (Wildman–Crippen MR) is 111 cm³/mol. The minimum absolute atomic E-state index is 0.0731. The molecule has 2 aromatic carbocycles. The number of fused-ring (bicyclic) bond motifs is 4. The molecule has 0 radical (unpaired) electrons. The molecule has 1 N–H and O–H groups in total. The summed E-state index contributed by atoms with van der Waals surface area (Å²) >= 11 is 0. The van der Waals surface area contributed by atoms with Crippen LogP contribution < -0.4 is 5.32 Å². The number of piperidine rings is 3. The van der Waals surface area contributed by atoms with Crippen LogP contribution >= 0.6 is 0 Å². The van der Waals surface area contributed by atoms with Crippen molar-refractivity contribution >= 4 is 6.03 Å². The minimum atomic E-state index is -0.330. The largest absolute Gasteiger partial charge is 0.334 e. The number of halogens is 1. The van der Waals surface area contributed by atoms with E-state index in [1.807, 2.05) is 23.1 Å². The topological polar surface area (TPSA) is 59.4 Å². The number of nitrogens with zero attached hydrogens (tertiary/aromatic N) is 3. The van der Waals surface area contributed by atoms with Crippen molar-refractivity contribution in [2.45, 2.75) is 31.3 Å². The van der Waals surface area contributed by atoms with Gasteiger partial charge in [0.05, 0.1) is 17.7 Å². The van der Waals surface area contributed by atoms with Gasteiger partial charge in [-0.2, -0.15) is 5.26 Å². The second kappa shape index (κ2) is 7.73. The van der Waals surface area contributed by atoms with E-state index < -0.39 is 0 Å². The molecular formula is C24H25FN4O. The van der Waals surface area contributed by atoms with E-state index in [1.54, 1.807) is 12.1 Å². The molecule has 2 atom stereocenters. The number of hydrogen-bond donors (Lipinski definition) is 1. The lowest BCUT2D eigenvalue weighted by atomic mass is 9.84. The molecule has 1 unspecified atom stereocenters. The second-order valence-corrected chi connectivity index (χ2v) is 8.62. The van der Waals surface area contributed by atoms with Crippen molar-refractivity contribution in [2.24, 2.45) is 5.92 Å². The van der Waals surface area contributed by atoms with Gasteiger partial charge in [0.15, 0.2) is 0 Å². The van der Waals surface area contributed by atoms with Crippen molar-refractivity contribution in [1.29, 1.82) is 5.26 Å². The van der Waals surface area contributed by atoms with Crippen LogP contribution in [-0.4, -0.2) is 48.1 Å². The van der Waals surface area contributed by atoms with Crippen molar-refractivity contribution in [1.82, 2.24) is 15.1 Å². The van der Waals surface area contributed by atoms with Gasteiger partial charge < -0.3 is 15.1 Å². The van der Waals surface area contributed by atoms with Gasteiger partial charge in [-0.3, -0.25) is 0 Å². The zero-order valence-corrected chi connectivity index (χ0v) is 16.9. The molecule has 2 bridgehead atoms. The van der Waals surface area contributed by atoms with Crippen LogP contribution in [0.4, 0.5) is 9.18 Å². The molecule has 3 fully saturated rings. The van der Waals surface area contributed by atoms with E-state index in [0.717, 1.165) is 55.6 Å². The smallest absolute Gasteiger partial charge is 0.318 e. The Balaban J connectivity index is 1.47. The number of rotatable bonds is 2. The molecule has 2 aromatic rings. The van der Waals surface area contributed by atoms with Crippen LogP contribution in [0.3, 0.4) is 0 Å². The SMILES string of the molecule is N#Cc1ccc2c(c1)C(c1ccc(F)cc1)N(C(=O)N[C@@H]1CN3CCC1CC3)CC2. The van der Waals surface area contributed by atoms with E-state index in [0.29, 0.717) is 18.0 Å². The van der Waals surface area contributed by atoms with E-state index in [-0.39, 0.29) is 23.9 Å². The molecule has 4 heterocycles. The second-order valence-electron chi connectivity index (χ2n) is 8.62. The average Bonchev–Trinajstić information content (AvgIpc) is 2.79. The number of amides is 2. The Kier molecular flexibility index (Phi) is 4.92. The number of nitriles is 1. The highest BCUT2D eigenvalue weighted by Crippen LogP contribution is 2.36. The highest BCUT2D eigenvalue weighted by molar-refractivity contribution is 5.76. The monoisotopic (exact) mass is 404 g/mol. The van der Waals surface area contributed by atoms with Gasteiger partial charge in [0.25, 0.3) is 0 Å². The van der Waals surface area contributed by atoms with E-state index in [1.165, 1.54) is 12.1 Å². The molecule has 3 saturated heterocycles.